The highest BCUT2D eigenvalue weighted by Crippen LogP contribution is 2.27. The van der Waals surface area contributed by atoms with Crippen LogP contribution < -0.4 is 0 Å². The molecule has 0 bridgehead atoms. The second-order valence-electron chi connectivity index (χ2n) is 3.15. The first-order valence-electron chi connectivity index (χ1n) is 4.69. The van der Waals surface area contributed by atoms with Gasteiger partial charge in [0.05, 0.1) is 11.6 Å². The second-order valence-corrected chi connectivity index (χ2v) is 5.11. The van der Waals surface area contributed by atoms with Gasteiger partial charge in [-0.25, -0.2) is 4.39 Å². The molecule has 17 heavy (non-hydrogen) atoms. The number of carbonyl (C=O) groups excluding carboxylic acids is 1. The summed E-state index contributed by atoms with van der Waals surface area (Å²) in [5.41, 5.74) is -0.277. The maximum atomic E-state index is 13.7. The Labute approximate surface area is 103 Å². The zero-order valence-corrected chi connectivity index (χ0v) is 10.7. The fourth-order valence-electron chi connectivity index (χ4n) is 1.27. The van der Waals surface area contributed by atoms with Crippen LogP contribution in [-0.2, 0) is 14.3 Å². The standard InChI is InChI=1S/C10H10ClFO4S/c1-3-16-17(14,15)10-7(6(2)13)4-5-8(11)9(10)12/h4-5H,3H2,1-2H3. The lowest BCUT2D eigenvalue weighted by molar-refractivity contribution is 0.101. The minimum Gasteiger partial charge on any atom is -0.294 e. The summed E-state index contributed by atoms with van der Waals surface area (Å²) in [5.74, 6) is -1.76. The Morgan fingerprint density at radius 3 is 2.53 bits per heavy atom. The van der Waals surface area contributed by atoms with Gasteiger partial charge in [-0.1, -0.05) is 11.6 Å². The summed E-state index contributed by atoms with van der Waals surface area (Å²) in [6, 6.07) is 2.28. The summed E-state index contributed by atoms with van der Waals surface area (Å²) in [5, 5.41) is -0.381. The summed E-state index contributed by atoms with van der Waals surface area (Å²) in [4.78, 5) is 10.4. The van der Waals surface area contributed by atoms with Gasteiger partial charge in [0, 0.05) is 5.56 Å². The highest BCUT2D eigenvalue weighted by atomic mass is 35.5. The number of hydrogen-bond donors (Lipinski definition) is 0. The van der Waals surface area contributed by atoms with Crippen molar-refractivity contribution in [3.8, 4) is 0 Å². The lowest BCUT2D eigenvalue weighted by atomic mass is 10.1. The molecule has 1 aromatic carbocycles. The molecule has 0 saturated heterocycles. The number of benzene rings is 1. The Kier molecular flexibility index (Phi) is 4.24. The molecule has 0 radical (unpaired) electrons. The van der Waals surface area contributed by atoms with E-state index in [1.807, 2.05) is 0 Å². The molecule has 1 rings (SSSR count). The number of halogens is 2. The molecule has 1 aromatic rings. The van der Waals surface area contributed by atoms with Gasteiger partial charge in [0.15, 0.2) is 11.6 Å². The van der Waals surface area contributed by atoms with Gasteiger partial charge in [-0.15, -0.1) is 0 Å². The summed E-state index contributed by atoms with van der Waals surface area (Å²) in [7, 11) is -4.32. The lowest BCUT2D eigenvalue weighted by Gasteiger charge is -2.09. The van der Waals surface area contributed by atoms with Crippen LogP contribution >= 0.6 is 11.6 Å². The molecular formula is C10H10ClFO4S. The third-order valence-electron chi connectivity index (χ3n) is 1.95. The van der Waals surface area contributed by atoms with Crippen LogP contribution in [-0.4, -0.2) is 20.8 Å². The van der Waals surface area contributed by atoms with Crippen LogP contribution in [0.25, 0.3) is 0 Å². The highest BCUT2D eigenvalue weighted by Gasteiger charge is 2.27. The van der Waals surface area contributed by atoms with Crippen molar-refractivity contribution in [1.29, 1.82) is 0 Å². The van der Waals surface area contributed by atoms with Gasteiger partial charge in [-0.2, -0.15) is 8.42 Å². The lowest BCUT2D eigenvalue weighted by Crippen LogP contribution is -2.13. The molecule has 0 aliphatic heterocycles. The van der Waals surface area contributed by atoms with Gasteiger partial charge in [0.2, 0.25) is 0 Å². The molecule has 0 aliphatic rings. The van der Waals surface area contributed by atoms with E-state index in [1.54, 1.807) is 0 Å². The van der Waals surface area contributed by atoms with E-state index in [9.17, 15) is 17.6 Å². The van der Waals surface area contributed by atoms with Gasteiger partial charge in [0.25, 0.3) is 0 Å². The van der Waals surface area contributed by atoms with E-state index < -0.39 is 26.6 Å². The third-order valence-corrected chi connectivity index (χ3v) is 3.69. The summed E-state index contributed by atoms with van der Waals surface area (Å²) >= 11 is 5.49. The molecule has 4 nitrogen and oxygen atoms in total. The SMILES string of the molecule is CCOS(=O)(=O)c1c(C(C)=O)ccc(Cl)c1F. The first-order valence-corrected chi connectivity index (χ1v) is 6.48. The first kappa shape index (κ1) is 14.1. The molecule has 0 amide bonds. The smallest absolute Gasteiger partial charge is 0.294 e. The number of hydrogen-bond acceptors (Lipinski definition) is 4. The minimum absolute atomic E-state index is 0.161. The Bertz CT molecular complexity index is 554. The van der Waals surface area contributed by atoms with Gasteiger partial charge >= 0.3 is 10.1 Å². The molecule has 0 aromatic heterocycles. The Morgan fingerprint density at radius 1 is 1.47 bits per heavy atom. The van der Waals surface area contributed by atoms with Crippen molar-refractivity contribution in [2.24, 2.45) is 0 Å². The number of carbonyl (C=O) groups is 1. The van der Waals surface area contributed by atoms with Crippen molar-refractivity contribution in [3.05, 3.63) is 28.5 Å². The largest absolute Gasteiger partial charge is 0.300 e. The Hall–Kier alpha value is -0.980. The van der Waals surface area contributed by atoms with E-state index in [0.29, 0.717) is 0 Å². The molecule has 0 unspecified atom stereocenters. The molecule has 94 valence electrons. The average Bonchev–Trinajstić information content (AvgIpc) is 2.20. The average molecular weight is 281 g/mol. The topological polar surface area (TPSA) is 60.4 Å². The van der Waals surface area contributed by atoms with Gasteiger partial charge < -0.3 is 0 Å². The number of ketones is 1. The fourth-order valence-corrected chi connectivity index (χ4v) is 2.72. The van der Waals surface area contributed by atoms with Crippen molar-refractivity contribution < 1.29 is 21.8 Å². The zero-order chi connectivity index (χ0) is 13.2. The van der Waals surface area contributed by atoms with E-state index in [1.165, 1.54) is 6.92 Å². The molecule has 0 heterocycles. The molecule has 0 saturated carbocycles. The van der Waals surface area contributed by atoms with Crippen molar-refractivity contribution in [2.45, 2.75) is 18.7 Å². The van der Waals surface area contributed by atoms with Gasteiger partial charge in [-0.3, -0.25) is 8.98 Å². The third kappa shape index (κ3) is 2.83. The van der Waals surface area contributed by atoms with Crippen molar-refractivity contribution in [3.63, 3.8) is 0 Å². The van der Waals surface area contributed by atoms with Gasteiger partial charge in [-0.05, 0) is 26.0 Å². The maximum absolute atomic E-state index is 13.7. The monoisotopic (exact) mass is 280 g/mol. The first-order chi connectivity index (χ1) is 7.81. The summed E-state index contributed by atoms with van der Waals surface area (Å²) in [6.45, 7) is 2.41. The minimum atomic E-state index is -4.32. The Balaban J connectivity index is 3.60. The van der Waals surface area contributed by atoms with E-state index in [4.69, 9.17) is 11.6 Å². The van der Waals surface area contributed by atoms with Crippen molar-refractivity contribution in [1.82, 2.24) is 0 Å². The highest BCUT2D eigenvalue weighted by molar-refractivity contribution is 7.86. The van der Waals surface area contributed by atoms with E-state index in [-0.39, 0.29) is 17.2 Å². The van der Waals surface area contributed by atoms with Crippen molar-refractivity contribution >= 4 is 27.5 Å². The fraction of sp³-hybridized carbons (Fsp3) is 0.300. The van der Waals surface area contributed by atoms with Crippen LogP contribution in [0.4, 0.5) is 4.39 Å². The van der Waals surface area contributed by atoms with Crippen LogP contribution in [0.3, 0.4) is 0 Å². The zero-order valence-electron chi connectivity index (χ0n) is 9.16. The molecule has 0 fully saturated rings. The molecule has 0 atom stereocenters. The van der Waals surface area contributed by atoms with Crippen LogP contribution in [0.2, 0.25) is 5.02 Å². The normalized spacial score (nSPS) is 11.5. The molecule has 0 N–H and O–H groups in total. The maximum Gasteiger partial charge on any atom is 0.300 e. The Morgan fingerprint density at radius 2 is 2.06 bits per heavy atom. The molecule has 7 heteroatoms. The molecule has 0 aliphatic carbocycles. The van der Waals surface area contributed by atoms with Crippen LogP contribution in [0.15, 0.2) is 17.0 Å². The number of rotatable bonds is 4. The molecule has 0 spiro atoms. The van der Waals surface area contributed by atoms with Crippen LogP contribution in [0.5, 0.6) is 0 Å². The van der Waals surface area contributed by atoms with Crippen LogP contribution in [0.1, 0.15) is 24.2 Å². The predicted molar refractivity (Wildman–Crippen MR) is 60.2 cm³/mol. The quantitative estimate of drug-likeness (QED) is 0.628. The second kappa shape index (κ2) is 5.12. The van der Waals surface area contributed by atoms with Crippen molar-refractivity contribution in [2.75, 3.05) is 6.61 Å². The van der Waals surface area contributed by atoms with E-state index >= 15 is 0 Å². The number of Topliss-reactive ketones (excluding diaryl/α,β-unsaturated/α-hetero) is 1. The van der Waals surface area contributed by atoms with Crippen LogP contribution in [0, 0.1) is 5.82 Å². The van der Waals surface area contributed by atoms with Gasteiger partial charge in [0.1, 0.15) is 4.90 Å². The molecular weight excluding hydrogens is 271 g/mol. The van der Waals surface area contributed by atoms with E-state index in [0.717, 1.165) is 19.1 Å². The summed E-state index contributed by atoms with van der Waals surface area (Å²) < 4.78 is 41.5. The predicted octanol–water partition coefficient (Wildman–Crippen LogP) is 2.41. The summed E-state index contributed by atoms with van der Waals surface area (Å²) in [6.07, 6.45) is 0. The van der Waals surface area contributed by atoms with E-state index in [2.05, 4.69) is 4.18 Å².